The van der Waals surface area contributed by atoms with Gasteiger partial charge in [0.2, 0.25) is 0 Å². The molecule has 0 radical (unpaired) electrons. The molecule has 2 amide bonds. The van der Waals surface area contributed by atoms with Crippen molar-refractivity contribution in [3.05, 3.63) is 51.2 Å². The van der Waals surface area contributed by atoms with Gasteiger partial charge in [-0.1, -0.05) is 6.92 Å². The molecule has 0 unspecified atom stereocenters. The molecule has 1 aromatic heterocycles. The zero-order valence-corrected chi connectivity index (χ0v) is 16.2. The fourth-order valence-corrected chi connectivity index (χ4v) is 4.65. The van der Waals surface area contributed by atoms with Gasteiger partial charge < -0.3 is 0 Å². The highest BCUT2D eigenvalue weighted by molar-refractivity contribution is 7.90. The van der Waals surface area contributed by atoms with Gasteiger partial charge in [-0.25, -0.2) is 8.42 Å². The zero-order valence-electron chi connectivity index (χ0n) is 14.5. The molecule has 138 valence electrons. The van der Waals surface area contributed by atoms with E-state index >= 15 is 0 Å². The van der Waals surface area contributed by atoms with E-state index in [-0.39, 0.29) is 16.4 Å². The molecule has 0 saturated carbocycles. The van der Waals surface area contributed by atoms with E-state index < -0.39 is 15.7 Å². The van der Waals surface area contributed by atoms with Gasteiger partial charge in [-0.15, -0.1) is 11.3 Å². The Kier molecular flexibility index (Phi) is 5.15. The van der Waals surface area contributed by atoms with Gasteiger partial charge in [-0.2, -0.15) is 0 Å². The van der Waals surface area contributed by atoms with Crippen molar-refractivity contribution in [2.75, 3.05) is 6.26 Å². The van der Waals surface area contributed by atoms with Crippen molar-refractivity contribution in [2.24, 2.45) is 5.92 Å². The summed E-state index contributed by atoms with van der Waals surface area (Å²) in [6, 6.07) is 7.44. The Labute approximate surface area is 156 Å². The number of sulfone groups is 1. The molecule has 1 aliphatic rings. The van der Waals surface area contributed by atoms with Crippen molar-refractivity contribution in [3.63, 3.8) is 0 Å². The number of benzene rings is 1. The molecule has 2 aromatic rings. The molecule has 6 nitrogen and oxygen atoms in total. The second-order valence-corrected chi connectivity index (χ2v) is 9.76. The predicted octanol–water partition coefficient (Wildman–Crippen LogP) is 2.35. The Morgan fingerprint density at radius 2 is 1.77 bits per heavy atom. The molecule has 1 aromatic carbocycles. The minimum absolute atomic E-state index is 0.136. The molecule has 0 saturated heterocycles. The first kappa shape index (κ1) is 18.6. The molecule has 2 N–H and O–H groups in total. The van der Waals surface area contributed by atoms with E-state index in [1.54, 1.807) is 0 Å². The summed E-state index contributed by atoms with van der Waals surface area (Å²) in [7, 11) is -3.31. The fraction of sp³-hybridized carbons (Fsp3) is 0.333. The summed E-state index contributed by atoms with van der Waals surface area (Å²) in [4.78, 5) is 26.3. The standard InChI is InChI=1S/C18H20N2O4S2/c1-11-3-8-15-13(9-11)10-16(25-15)18(22)20-19-17(21)12-4-6-14(7-5-12)26(2,23)24/h4-7,10-11H,3,8-9H2,1-2H3,(H,19,21)(H,20,22)/t11-/m0/s1. The van der Waals surface area contributed by atoms with E-state index in [1.165, 1.54) is 46.0 Å². The molecule has 0 fully saturated rings. The predicted molar refractivity (Wildman–Crippen MR) is 100.0 cm³/mol. The maximum Gasteiger partial charge on any atom is 0.279 e. The summed E-state index contributed by atoms with van der Waals surface area (Å²) < 4.78 is 22.9. The van der Waals surface area contributed by atoms with Crippen LogP contribution in [0, 0.1) is 5.92 Å². The third-order valence-electron chi connectivity index (χ3n) is 4.39. The summed E-state index contributed by atoms with van der Waals surface area (Å²) in [5.41, 5.74) is 6.26. The van der Waals surface area contributed by atoms with Gasteiger partial charge in [0, 0.05) is 16.7 Å². The molecule has 0 spiro atoms. The first-order valence-electron chi connectivity index (χ1n) is 8.26. The average Bonchev–Trinajstić information content (AvgIpc) is 3.02. The number of hydrogen-bond acceptors (Lipinski definition) is 5. The highest BCUT2D eigenvalue weighted by Crippen LogP contribution is 2.32. The number of aryl methyl sites for hydroxylation is 1. The first-order valence-corrected chi connectivity index (χ1v) is 11.0. The van der Waals surface area contributed by atoms with Crippen molar-refractivity contribution in [3.8, 4) is 0 Å². The number of hydrogen-bond donors (Lipinski definition) is 2. The Morgan fingerprint density at radius 1 is 1.12 bits per heavy atom. The van der Waals surface area contributed by atoms with E-state index in [1.807, 2.05) is 6.07 Å². The molecule has 0 aliphatic heterocycles. The van der Waals surface area contributed by atoms with E-state index in [0.29, 0.717) is 10.8 Å². The SMILES string of the molecule is C[C@H]1CCc2sc(C(=O)NNC(=O)c3ccc(S(C)(=O)=O)cc3)cc2C1. The monoisotopic (exact) mass is 392 g/mol. The molecule has 26 heavy (non-hydrogen) atoms. The van der Waals surface area contributed by atoms with Crippen LogP contribution in [0.4, 0.5) is 0 Å². The van der Waals surface area contributed by atoms with Gasteiger partial charge in [0.15, 0.2) is 9.84 Å². The van der Waals surface area contributed by atoms with Crippen LogP contribution in [-0.2, 0) is 22.7 Å². The number of thiophene rings is 1. The quantitative estimate of drug-likeness (QED) is 0.785. The number of amides is 2. The van der Waals surface area contributed by atoms with Gasteiger partial charge >= 0.3 is 0 Å². The Balaban J connectivity index is 1.62. The van der Waals surface area contributed by atoms with Crippen molar-refractivity contribution in [1.82, 2.24) is 10.9 Å². The van der Waals surface area contributed by atoms with Crippen LogP contribution in [0.25, 0.3) is 0 Å². The topological polar surface area (TPSA) is 92.3 Å². The number of carbonyl (C=O) groups is 2. The summed E-state index contributed by atoms with van der Waals surface area (Å²) >= 11 is 1.47. The van der Waals surface area contributed by atoms with Crippen LogP contribution in [0.15, 0.2) is 35.2 Å². The van der Waals surface area contributed by atoms with Crippen LogP contribution in [0.3, 0.4) is 0 Å². The number of rotatable bonds is 3. The molecule has 1 aliphatic carbocycles. The third kappa shape index (κ3) is 4.13. The highest BCUT2D eigenvalue weighted by Gasteiger charge is 2.21. The third-order valence-corrected chi connectivity index (χ3v) is 6.75. The van der Waals surface area contributed by atoms with Crippen LogP contribution in [-0.4, -0.2) is 26.5 Å². The Bertz CT molecular complexity index is 946. The maximum atomic E-state index is 12.3. The summed E-state index contributed by atoms with van der Waals surface area (Å²) in [6.07, 6.45) is 4.21. The summed E-state index contributed by atoms with van der Waals surface area (Å²) in [6.45, 7) is 2.20. The van der Waals surface area contributed by atoms with E-state index in [2.05, 4.69) is 17.8 Å². The molecule has 8 heteroatoms. The lowest BCUT2D eigenvalue weighted by Gasteiger charge is -2.16. The molecular weight excluding hydrogens is 372 g/mol. The largest absolute Gasteiger partial charge is 0.279 e. The molecule has 3 rings (SSSR count). The van der Waals surface area contributed by atoms with Crippen molar-refractivity contribution < 1.29 is 18.0 Å². The van der Waals surface area contributed by atoms with Crippen LogP contribution in [0.2, 0.25) is 0 Å². The Morgan fingerprint density at radius 3 is 2.42 bits per heavy atom. The minimum atomic E-state index is -3.31. The van der Waals surface area contributed by atoms with Crippen molar-refractivity contribution >= 4 is 33.0 Å². The lowest BCUT2D eigenvalue weighted by atomic mass is 9.90. The van der Waals surface area contributed by atoms with Gasteiger partial charge in [0.25, 0.3) is 11.8 Å². The van der Waals surface area contributed by atoms with Gasteiger partial charge in [-0.05, 0) is 61.1 Å². The summed E-state index contributed by atoms with van der Waals surface area (Å²) in [5, 5.41) is 0. The first-order chi connectivity index (χ1) is 12.2. The maximum absolute atomic E-state index is 12.3. The lowest BCUT2D eigenvalue weighted by molar-refractivity contribution is 0.0849. The van der Waals surface area contributed by atoms with Crippen molar-refractivity contribution in [1.29, 1.82) is 0 Å². The number of carbonyl (C=O) groups excluding carboxylic acids is 2. The van der Waals surface area contributed by atoms with Crippen LogP contribution < -0.4 is 10.9 Å². The minimum Gasteiger partial charge on any atom is -0.267 e. The summed E-state index contributed by atoms with van der Waals surface area (Å²) in [5.74, 6) is -0.228. The normalized spacial score (nSPS) is 16.6. The van der Waals surface area contributed by atoms with E-state index in [4.69, 9.17) is 0 Å². The van der Waals surface area contributed by atoms with Crippen LogP contribution >= 0.6 is 11.3 Å². The molecular formula is C18H20N2O4S2. The smallest absolute Gasteiger partial charge is 0.267 e. The second kappa shape index (κ2) is 7.20. The van der Waals surface area contributed by atoms with E-state index in [9.17, 15) is 18.0 Å². The average molecular weight is 393 g/mol. The molecule has 0 bridgehead atoms. The van der Waals surface area contributed by atoms with Crippen molar-refractivity contribution in [2.45, 2.75) is 31.1 Å². The number of hydrazine groups is 1. The van der Waals surface area contributed by atoms with Crippen LogP contribution in [0.5, 0.6) is 0 Å². The van der Waals surface area contributed by atoms with Gasteiger partial charge in [0.05, 0.1) is 9.77 Å². The Hall–Kier alpha value is -2.19. The van der Waals surface area contributed by atoms with Crippen LogP contribution in [0.1, 0.15) is 43.8 Å². The number of nitrogens with one attached hydrogen (secondary N) is 2. The zero-order chi connectivity index (χ0) is 18.9. The lowest BCUT2D eigenvalue weighted by Crippen LogP contribution is -2.41. The highest BCUT2D eigenvalue weighted by atomic mass is 32.2. The number of fused-ring (bicyclic) bond motifs is 1. The van der Waals surface area contributed by atoms with Gasteiger partial charge in [-0.3, -0.25) is 20.4 Å². The van der Waals surface area contributed by atoms with E-state index in [0.717, 1.165) is 25.5 Å². The van der Waals surface area contributed by atoms with Gasteiger partial charge in [0.1, 0.15) is 0 Å². The molecule has 1 heterocycles. The molecule has 1 atom stereocenters. The second-order valence-electron chi connectivity index (χ2n) is 6.61. The fourth-order valence-electron chi connectivity index (χ4n) is 2.92.